The molecule has 0 amide bonds. The smallest absolute Gasteiger partial charge is 0.110 e. The van der Waals surface area contributed by atoms with Gasteiger partial charge in [-0.1, -0.05) is 10.2 Å². The Morgan fingerprint density at radius 3 is 2.35 bits per heavy atom. The van der Waals surface area contributed by atoms with Gasteiger partial charge in [0.15, 0.2) is 0 Å². The SMILES string of the molecule is [N-]=[N+]=NC(N)C(O)C(N=[N+]=[N-])C1CCOCC1. The summed E-state index contributed by atoms with van der Waals surface area (Å²) >= 11 is 0. The highest BCUT2D eigenvalue weighted by atomic mass is 16.5. The summed E-state index contributed by atoms with van der Waals surface area (Å²) in [7, 11) is 0. The molecule has 3 unspecified atom stereocenters. The summed E-state index contributed by atoms with van der Waals surface area (Å²) in [5, 5.41) is 16.7. The van der Waals surface area contributed by atoms with Crippen molar-refractivity contribution in [3.63, 3.8) is 0 Å². The quantitative estimate of drug-likeness (QED) is 0.420. The average molecular weight is 241 g/mol. The molecule has 17 heavy (non-hydrogen) atoms. The van der Waals surface area contributed by atoms with Crippen LogP contribution in [0.1, 0.15) is 12.8 Å². The van der Waals surface area contributed by atoms with Crippen LogP contribution in [0, 0.1) is 5.92 Å². The van der Waals surface area contributed by atoms with Gasteiger partial charge in [-0.25, -0.2) is 0 Å². The van der Waals surface area contributed by atoms with Gasteiger partial charge >= 0.3 is 0 Å². The first-order valence-electron chi connectivity index (χ1n) is 5.30. The predicted octanol–water partition coefficient (Wildman–Crippen LogP) is 1.05. The molecule has 0 aromatic rings. The summed E-state index contributed by atoms with van der Waals surface area (Å²) in [4.78, 5) is 5.23. The molecule has 9 nitrogen and oxygen atoms in total. The number of ether oxygens (including phenoxy) is 1. The Morgan fingerprint density at radius 1 is 1.24 bits per heavy atom. The van der Waals surface area contributed by atoms with Crippen LogP contribution in [0.4, 0.5) is 0 Å². The van der Waals surface area contributed by atoms with Gasteiger partial charge in [-0.3, -0.25) is 0 Å². The van der Waals surface area contributed by atoms with Crippen LogP contribution in [0.15, 0.2) is 10.2 Å². The molecule has 1 aliphatic heterocycles. The van der Waals surface area contributed by atoms with E-state index in [2.05, 4.69) is 20.1 Å². The third kappa shape index (κ3) is 3.77. The molecule has 0 saturated carbocycles. The van der Waals surface area contributed by atoms with E-state index in [-0.39, 0.29) is 5.92 Å². The fourth-order valence-corrected chi connectivity index (χ4v) is 1.89. The molecule has 1 heterocycles. The van der Waals surface area contributed by atoms with Gasteiger partial charge in [0.1, 0.15) is 6.17 Å². The molecule has 94 valence electrons. The van der Waals surface area contributed by atoms with Crippen molar-refractivity contribution in [2.45, 2.75) is 31.2 Å². The minimum Gasteiger partial charge on any atom is -0.391 e. The van der Waals surface area contributed by atoms with E-state index >= 15 is 0 Å². The molecule has 0 bridgehead atoms. The second kappa shape index (κ2) is 6.95. The van der Waals surface area contributed by atoms with E-state index in [0.29, 0.717) is 26.1 Å². The lowest BCUT2D eigenvalue weighted by Crippen LogP contribution is -2.45. The summed E-state index contributed by atoms with van der Waals surface area (Å²) < 4.78 is 5.19. The summed E-state index contributed by atoms with van der Waals surface area (Å²) in [6.07, 6.45) is -0.920. The van der Waals surface area contributed by atoms with Gasteiger partial charge in [-0.05, 0) is 29.8 Å². The molecule has 1 rings (SSSR count). The highest BCUT2D eigenvalue weighted by Gasteiger charge is 2.32. The Bertz CT molecular complexity index is 331. The monoisotopic (exact) mass is 241 g/mol. The normalized spacial score (nSPS) is 21.8. The van der Waals surface area contributed by atoms with Crippen molar-refractivity contribution in [2.75, 3.05) is 13.2 Å². The summed E-state index contributed by atoms with van der Waals surface area (Å²) in [5.41, 5.74) is 22.2. The third-order valence-electron chi connectivity index (χ3n) is 2.82. The summed E-state index contributed by atoms with van der Waals surface area (Å²) in [6, 6.07) is -0.690. The minimum absolute atomic E-state index is 0.00501. The number of aliphatic hydroxyl groups excluding tert-OH is 1. The first-order chi connectivity index (χ1) is 8.20. The van der Waals surface area contributed by atoms with E-state index in [4.69, 9.17) is 21.5 Å². The predicted molar refractivity (Wildman–Crippen MR) is 59.6 cm³/mol. The Morgan fingerprint density at radius 2 is 1.82 bits per heavy atom. The lowest BCUT2D eigenvalue weighted by Gasteiger charge is -2.31. The van der Waals surface area contributed by atoms with Gasteiger partial charge in [0, 0.05) is 23.0 Å². The van der Waals surface area contributed by atoms with Crippen molar-refractivity contribution < 1.29 is 9.84 Å². The first kappa shape index (κ1) is 13.6. The largest absolute Gasteiger partial charge is 0.391 e. The van der Waals surface area contributed by atoms with Crippen LogP contribution in [0.5, 0.6) is 0 Å². The van der Waals surface area contributed by atoms with Crippen molar-refractivity contribution in [2.24, 2.45) is 21.9 Å². The standard InChI is InChI=1S/C8H15N7O2/c9-8(13-15-11)7(16)6(12-14-10)5-1-3-17-4-2-5/h5-8,16H,1-4,9H2. The molecule has 0 aromatic heterocycles. The molecule has 1 fully saturated rings. The van der Waals surface area contributed by atoms with E-state index in [1.165, 1.54) is 0 Å². The molecule has 0 radical (unpaired) electrons. The Balaban J connectivity index is 2.75. The van der Waals surface area contributed by atoms with Crippen LogP contribution in [0.2, 0.25) is 0 Å². The van der Waals surface area contributed by atoms with E-state index in [0.717, 1.165) is 0 Å². The molecule has 3 atom stereocenters. The number of hydrogen-bond donors (Lipinski definition) is 2. The number of aliphatic hydroxyl groups is 1. The lowest BCUT2D eigenvalue weighted by molar-refractivity contribution is 0.0251. The van der Waals surface area contributed by atoms with Crippen LogP contribution in [-0.2, 0) is 4.74 Å². The highest BCUT2D eigenvalue weighted by molar-refractivity contribution is 4.89. The fraction of sp³-hybridized carbons (Fsp3) is 1.00. The van der Waals surface area contributed by atoms with Crippen LogP contribution in [0.3, 0.4) is 0 Å². The Labute approximate surface area is 97.8 Å². The number of nitrogens with zero attached hydrogens (tertiary/aromatic N) is 6. The van der Waals surface area contributed by atoms with Crippen molar-refractivity contribution in [1.29, 1.82) is 0 Å². The van der Waals surface area contributed by atoms with Crippen LogP contribution in [-0.4, -0.2) is 36.6 Å². The molecular weight excluding hydrogens is 226 g/mol. The van der Waals surface area contributed by atoms with Gasteiger partial charge in [0.25, 0.3) is 0 Å². The molecule has 9 heteroatoms. The van der Waals surface area contributed by atoms with Gasteiger partial charge in [-0.2, -0.15) is 0 Å². The Kier molecular flexibility index (Phi) is 5.55. The number of hydrogen-bond acceptors (Lipinski definition) is 5. The van der Waals surface area contributed by atoms with Gasteiger partial charge < -0.3 is 15.6 Å². The van der Waals surface area contributed by atoms with Crippen molar-refractivity contribution in [1.82, 2.24) is 0 Å². The van der Waals surface area contributed by atoms with E-state index in [1.807, 2.05) is 0 Å². The molecule has 0 aliphatic carbocycles. The summed E-state index contributed by atoms with van der Waals surface area (Å²) in [5.74, 6) is -0.00501. The van der Waals surface area contributed by atoms with E-state index in [1.54, 1.807) is 0 Å². The van der Waals surface area contributed by atoms with Crippen molar-refractivity contribution >= 4 is 0 Å². The molecule has 0 spiro atoms. The summed E-state index contributed by atoms with van der Waals surface area (Å²) in [6.45, 7) is 1.12. The van der Waals surface area contributed by atoms with Gasteiger partial charge in [-0.15, -0.1) is 0 Å². The van der Waals surface area contributed by atoms with Crippen LogP contribution >= 0.6 is 0 Å². The van der Waals surface area contributed by atoms with Crippen molar-refractivity contribution in [3.05, 3.63) is 20.9 Å². The molecule has 3 N–H and O–H groups in total. The average Bonchev–Trinajstić information content (AvgIpc) is 2.36. The Hall–Kier alpha value is -1.50. The second-order valence-corrected chi connectivity index (χ2v) is 3.83. The van der Waals surface area contributed by atoms with Crippen LogP contribution in [0.25, 0.3) is 20.9 Å². The maximum atomic E-state index is 9.90. The second-order valence-electron chi connectivity index (χ2n) is 3.83. The van der Waals surface area contributed by atoms with Gasteiger partial charge in [0.2, 0.25) is 0 Å². The maximum absolute atomic E-state index is 9.90. The van der Waals surface area contributed by atoms with E-state index < -0.39 is 18.3 Å². The molecule has 1 saturated heterocycles. The van der Waals surface area contributed by atoms with Crippen molar-refractivity contribution in [3.8, 4) is 0 Å². The molecule has 0 aromatic carbocycles. The third-order valence-corrected chi connectivity index (χ3v) is 2.82. The topological polar surface area (TPSA) is 153 Å². The number of nitrogens with two attached hydrogens (primary N) is 1. The highest BCUT2D eigenvalue weighted by Crippen LogP contribution is 2.24. The lowest BCUT2D eigenvalue weighted by atomic mass is 9.88. The number of azide groups is 2. The zero-order chi connectivity index (χ0) is 12.7. The maximum Gasteiger partial charge on any atom is 0.110 e. The fourth-order valence-electron chi connectivity index (χ4n) is 1.89. The molecular formula is C8H15N7O2. The number of rotatable bonds is 5. The van der Waals surface area contributed by atoms with Crippen LogP contribution < -0.4 is 5.73 Å². The first-order valence-corrected chi connectivity index (χ1v) is 5.30. The van der Waals surface area contributed by atoms with E-state index in [9.17, 15) is 5.11 Å². The molecule has 1 aliphatic rings. The van der Waals surface area contributed by atoms with Gasteiger partial charge in [0.05, 0.1) is 12.1 Å². The zero-order valence-electron chi connectivity index (χ0n) is 9.25. The minimum atomic E-state index is -1.18. The zero-order valence-corrected chi connectivity index (χ0v) is 9.25.